The maximum atomic E-state index is 6.81. The van der Waals surface area contributed by atoms with Crippen molar-refractivity contribution in [1.29, 1.82) is 0 Å². The monoisotopic (exact) mass is 793 g/mol. The van der Waals surface area contributed by atoms with E-state index in [-0.39, 0.29) is 6.04 Å². The van der Waals surface area contributed by atoms with Crippen LogP contribution in [0.3, 0.4) is 0 Å². The molecule has 1 atom stereocenters. The molecule has 0 saturated heterocycles. The normalized spacial score (nSPS) is 13.3. The first-order valence-electron chi connectivity index (χ1n) is 21.3. The van der Waals surface area contributed by atoms with Crippen LogP contribution in [0.4, 0.5) is 0 Å². The van der Waals surface area contributed by atoms with Crippen LogP contribution in [0, 0.1) is 0 Å². The molecule has 9 aromatic rings. The Labute approximate surface area is 357 Å². The van der Waals surface area contributed by atoms with E-state index in [4.69, 9.17) is 9.73 Å². The third-order valence-electron chi connectivity index (χ3n) is 12.1. The number of benzene rings is 8. The lowest BCUT2D eigenvalue weighted by Gasteiger charge is -2.27. The van der Waals surface area contributed by atoms with E-state index in [1.807, 2.05) is 11.3 Å². The molecule has 0 N–H and O–H groups in total. The molecule has 0 amide bonds. The first kappa shape index (κ1) is 37.7. The minimum atomic E-state index is 0.0581. The highest BCUT2D eigenvalue weighted by Crippen LogP contribution is 2.50. The Morgan fingerprint density at radius 3 is 2.27 bits per heavy atom. The van der Waals surface area contributed by atoms with Gasteiger partial charge in [-0.1, -0.05) is 177 Å². The van der Waals surface area contributed by atoms with Crippen LogP contribution in [0.5, 0.6) is 5.75 Å². The molecule has 1 aromatic heterocycles. The second-order valence-corrected chi connectivity index (χ2v) is 17.1. The summed E-state index contributed by atoms with van der Waals surface area (Å²) in [7, 11) is 0. The number of thiophene rings is 1. The van der Waals surface area contributed by atoms with E-state index in [1.54, 1.807) is 0 Å². The Hall–Kier alpha value is -6.55. The lowest BCUT2D eigenvalue weighted by molar-refractivity contribution is 0.304. The van der Waals surface area contributed by atoms with E-state index in [2.05, 4.69) is 196 Å². The second kappa shape index (κ2) is 16.6. The van der Waals surface area contributed by atoms with Gasteiger partial charge in [-0.2, -0.15) is 0 Å². The molecule has 1 aliphatic rings. The molecule has 3 heteroatoms. The zero-order chi connectivity index (χ0) is 40.4. The molecule has 0 saturated carbocycles. The molecular weight excluding hydrogens is 747 g/mol. The Balaban J connectivity index is 1.11. The summed E-state index contributed by atoms with van der Waals surface area (Å²) in [6.45, 7) is 5.09. The minimum absolute atomic E-state index is 0.0581. The van der Waals surface area contributed by atoms with Crippen LogP contribution in [0.25, 0.3) is 70.4 Å². The SMILES string of the molecule is CCCC(N=C(CC/C(C)=C\c1cccc2sc3ccccc3c12)c1ccccc1-c1ccc(-c2ccc3ccccc3c2)c2c1-c1ccccc1CO2)c1ccccc1. The van der Waals surface area contributed by atoms with Crippen molar-refractivity contribution < 1.29 is 4.74 Å². The highest BCUT2D eigenvalue weighted by Gasteiger charge is 2.27. The molecule has 0 radical (unpaired) electrons. The van der Waals surface area contributed by atoms with E-state index < -0.39 is 0 Å². The summed E-state index contributed by atoms with van der Waals surface area (Å²) in [5.41, 5.74) is 14.4. The molecule has 0 aliphatic carbocycles. The van der Waals surface area contributed by atoms with Gasteiger partial charge in [-0.3, -0.25) is 4.99 Å². The largest absolute Gasteiger partial charge is 0.488 e. The standard InChI is InChI=1S/C57H47NOS/c1-3-16-51(40-18-5-4-6-19-40)58-52(34-29-38(2)35-43-22-15-28-54-55(43)50-26-13-14-27-53(50)60-54)48-25-12-11-24-47(48)49-33-32-46(42-31-30-39-17-7-8-20-41(39)36-42)57-56(49)45-23-10-9-21-44(45)37-59-57/h4-15,17-28,30-33,35-36,51H,3,16,29,34,37H2,1-2H3/b38-35-,58-52?. The fourth-order valence-corrected chi connectivity index (χ4v) is 10.2. The van der Waals surface area contributed by atoms with Crippen molar-refractivity contribution in [3.8, 4) is 39.1 Å². The van der Waals surface area contributed by atoms with Crippen LogP contribution >= 0.6 is 11.3 Å². The molecule has 2 heterocycles. The van der Waals surface area contributed by atoms with Gasteiger partial charge < -0.3 is 4.74 Å². The Morgan fingerprint density at radius 1 is 0.650 bits per heavy atom. The zero-order valence-corrected chi connectivity index (χ0v) is 35.0. The Bertz CT molecular complexity index is 3080. The van der Waals surface area contributed by atoms with E-state index in [0.29, 0.717) is 6.61 Å². The van der Waals surface area contributed by atoms with E-state index in [1.165, 1.54) is 75.5 Å². The molecular formula is C57H47NOS. The van der Waals surface area contributed by atoms with Crippen LogP contribution in [0.1, 0.15) is 67.8 Å². The van der Waals surface area contributed by atoms with Crippen LogP contribution in [0.15, 0.2) is 186 Å². The fraction of sp³-hybridized carbons (Fsp3) is 0.140. The van der Waals surface area contributed by atoms with E-state index in [0.717, 1.165) is 53.8 Å². The van der Waals surface area contributed by atoms with Gasteiger partial charge in [0.1, 0.15) is 12.4 Å². The summed E-state index contributed by atoms with van der Waals surface area (Å²) < 4.78 is 9.48. The predicted molar refractivity (Wildman–Crippen MR) is 257 cm³/mol. The molecule has 292 valence electrons. The van der Waals surface area contributed by atoms with Gasteiger partial charge >= 0.3 is 0 Å². The van der Waals surface area contributed by atoms with Crippen molar-refractivity contribution in [2.45, 2.75) is 52.2 Å². The van der Waals surface area contributed by atoms with Crippen LogP contribution in [-0.4, -0.2) is 5.71 Å². The molecule has 8 aromatic carbocycles. The summed E-state index contributed by atoms with van der Waals surface area (Å²) in [6.07, 6.45) is 6.14. The number of allylic oxidation sites excluding steroid dienone is 1. The minimum Gasteiger partial charge on any atom is -0.488 e. The van der Waals surface area contributed by atoms with E-state index >= 15 is 0 Å². The Kier molecular flexibility index (Phi) is 10.4. The van der Waals surface area contributed by atoms with Gasteiger partial charge in [0.15, 0.2) is 0 Å². The summed E-state index contributed by atoms with van der Waals surface area (Å²) in [4.78, 5) is 5.76. The lowest BCUT2D eigenvalue weighted by atomic mass is 9.84. The number of nitrogens with zero attached hydrogens (tertiary/aromatic N) is 1. The second-order valence-electron chi connectivity index (χ2n) is 16.0. The molecule has 2 nitrogen and oxygen atoms in total. The topological polar surface area (TPSA) is 21.6 Å². The maximum Gasteiger partial charge on any atom is 0.136 e. The van der Waals surface area contributed by atoms with Crippen LogP contribution in [0.2, 0.25) is 0 Å². The lowest BCUT2D eigenvalue weighted by Crippen LogP contribution is -2.10. The average molecular weight is 794 g/mol. The van der Waals surface area contributed by atoms with Crippen LogP contribution < -0.4 is 4.74 Å². The number of fused-ring (bicyclic) bond motifs is 7. The molecule has 60 heavy (non-hydrogen) atoms. The average Bonchev–Trinajstić information content (AvgIpc) is 3.69. The van der Waals surface area contributed by atoms with Gasteiger partial charge in [0, 0.05) is 42.6 Å². The smallest absolute Gasteiger partial charge is 0.136 e. The van der Waals surface area contributed by atoms with Crippen molar-refractivity contribution >= 4 is 54.1 Å². The van der Waals surface area contributed by atoms with E-state index in [9.17, 15) is 0 Å². The van der Waals surface area contributed by atoms with Crippen molar-refractivity contribution in [2.24, 2.45) is 4.99 Å². The number of aliphatic imine (C=N–C) groups is 1. The van der Waals surface area contributed by atoms with Crippen molar-refractivity contribution in [3.05, 3.63) is 204 Å². The highest BCUT2D eigenvalue weighted by molar-refractivity contribution is 7.25. The van der Waals surface area contributed by atoms with Gasteiger partial charge in [0.05, 0.1) is 6.04 Å². The molecule has 1 aliphatic heterocycles. The summed E-state index contributed by atoms with van der Waals surface area (Å²) in [6, 6.07) is 64.0. The highest BCUT2D eigenvalue weighted by atomic mass is 32.1. The van der Waals surface area contributed by atoms with Crippen molar-refractivity contribution in [1.82, 2.24) is 0 Å². The zero-order valence-electron chi connectivity index (χ0n) is 34.2. The number of rotatable bonds is 11. The van der Waals surface area contributed by atoms with Gasteiger partial charge in [-0.25, -0.2) is 0 Å². The van der Waals surface area contributed by atoms with Gasteiger partial charge in [-0.05, 0) is 100 Å². The molecule has 0 fully saturated rings. The van der Waals surface area contributed by atoms with Crippen molar-refractivity contribution in [2.75, 3.05) is 0 Å². The van der Waals surface area contributed by atoms with Gasteiger partial charge in [0.25, 0.3) is 0 Å². The van der Waals surface area contributed by atoms with Gasteiger partial charge in [-0.15, -0.1) is 11.3 Å². The third-order valence-corrected chi connectivity index (χ3v) is 13.2. The third kappa shape index (κ3) is 7.24. The summed E-state index contributed by atoms with van der Waals surface area (Å²) >= 11 is 1.88. The summed E-state index contributed by atoms with van der Waals surface area (Å²) in [5, 5.41) is 5.14. The first-order chi connectivity index (χ1) is 29.6. The molecule has 0 spiro atoms. The maximum absolute atomic E-state index is 6.81. The number of hydrogen-bond donors (Lipinski definition) is 0. The molecule has 0 bridgehead atoms. The number of ether oxygens (including phenoxy) is 1. The van der Waals surface area contributed by atoms with Gasteiger partial charge in [0.2, 0.25) is 0 Å². The fourth-order valence-electron chi connectivity index (χ4n) is 9.10. The molecule has 10 rings (SSSR count). The predicted octanol–water partition coefficient (Wildman–Crippen LogP) is 16.3. The number of hydrogen-bond acceptors (Lipinski definition) is 3. The van der Waals surface area contributed by atoms with Crippen molar-refractivity contribution in [3.63, 3.8) is 0 Å². The Morgan fingerprint density at radius 2 is 1.38 bits per heavy atom. The molecule has 1 unspecified atom stereocenters. The van der Waals surface area contributed by atoms with Crippen LogP contribution in [-0.2, 0) is 6.61 Å². The quantitative estimate of drug-likeness (QED) is 0.120. The summed E-state index contributed by atoms with van der Waals surface area (Å²) in [5.74, 6) is 0.942. The first-order valence-corrected chi connectivity index (χ1v) is 22.1.